The second-order valence-corrected chi connectivity index (χ2v) is 5.91. The molecule has 0 N–H and O–H groups in total. The molecule has 0 atom stereocenters. The summed E-state index contributed by atoms with van der Waals surface area (Å²) >= 11 is 3.44. The maximum atomic E-state index is 11.9. The minimum absolute atomic E-state index is 0.0534. The molecule has 0 aliphatic heterocycles. The van der Waals surface area contributed by atoms with Crippen LogP contribution in [0, 0.1) is 0 Å². The normalized spacial score (nSPS) is 10.2. The molecular weight excluding hydrogens is 330 g/mol. The molecule has 110 valence electrons. The first-order chi connectivity index (χ1) is 10.1. The Balaban J connectivity index is 2.13. The van der Waals surface area contributed by atoms with E-state index in [0.29, 0.717) is 13.0 Å². The highest BCUT2D eigenvalue weighted by Gasteiger charge is 2.11. The maximum Gasteiger partial charge on any atom is 0.226 e. The van der Waals surface area contributed by atoms with Gasteiger partial charge in [0.25, 0.3) is 0 Å². The molecule has 4 heteroatoms. The third-order valence-corrected chi connectivity index (χ3v) is 3.59. The van der Waals surface area contributed by atoms with Gasteiger partial charge >= 0.3 is 0 Å². The smallest absolute Gasteiger partial charge is 0.226 e. The molecule has 0 aliphatic carbocycles. The highest BCUT2D eigenvalue weighted by Crippen LogP contribution is 2.25. The number of carbonyl (C=O) groups is 1. The fraction of sp³-hybridized carbons (Fsp3) is 0.235. The number of hydrogen-bond acceptors (Lipinski definition) is 2. The minimum Gasteiger partial charge on any atom is -0.489 e. The molecule has 1 amide bonds. The number of halogens is 1. The predicted molar refractivity (Wildman–Crippen MR) is 87.3 cm³/mol. The lowest BCUT2D eigenvalue weighted by Gasteiger charge is -2.14. The molecule has 0 heterocycles. The molecule has 0 fully saturated rings. The molecule has 2 aromatic rings. The van der Waals surface area contributed by atoms with Crippen LogP contribution in [0.2, 0.25) is 0 Å². The van der Waals surface area contributed by atoms with Crippen molar-refractivity contribution in [3.63, 3.8) is 0 Å². The number of ether oxygens (including phenoxy) is 1. The van der Waals surface area contributed by atoms with Gasteiger partial charge in [-0.1, -0.05) is 46.3 Å². The Morgan fingerprint density at radius 1 is 1.14 bits per heavy atom. The van der Waals surface area contributed by atoms with E-state index in [1.165, 1.54) is 0 Å². The van der Waals surface area contributed by atoms with E-state index < -0.39 is 0 Å². The van der Waals surface area contributed by atoms with Crippen LogP contribution in [0.15, 0.2) is 53.0 Å². The van der Waals surface area contributed by atoms with Crippen LogP contribution in [-0.4, -0.2) is 24.9 Å². The van der Waals surface area contributed by atoms with Crippen molar-refractivity contribution >= 4 is 21.8 Å². The molecule has 0 spiro atoms. The molecule has 2 rings (SSSR count). The van der Waals surface area contributed by atoms with Crippen LogP contribution in [-0.2, 0) is 17.8 Å². The summed E-state index contributed by atoms with van der Waals surface area (Å²) in [6.07, 6.45) is 0.330. The Morgan fingerprint density at radius 2 is 1.86 bits per heavy atom. The third kappa shape index (κ3) is 4.60. The highest BCUT2D eigenvalue weighted by molar-refractivity contribution is 9.10. The maximum absolute atomic E-state index is 11.9. The van der Waals surface area contributed by atoms with Crippen LogP contribution < -0.4 is 4.74 Å². The lowest BCUT2D eigenvalue weighted by molar-refractivity contribution is -0.127. The van der Waals surface area contributed by atoms with E-state index in [1.807, 2.05) is 48.5 Å². The van der Waals surface area contributed by atoms with Crippen LogP contribution in [0.25, 0.3) is 0 Å². The summed E-state index contributed by atoms with van der Waals surface area (Å²) in [7, 11) is 3.51. The van der Waals surface area contributed by atoms with Crippen LogP contribution >= 0.6 is 15.9 Å². The van der Waals surface area contributed by atoms with Gasteiger partial charge in [-0.2, -0.15) is 0 Å². The van der Waals surface area contributed by atoms with Crippen LogP contribution in [0.3, 0.4) is 0 Å². The molecule has 0 aliphatic rings. The van der Waals surface area contributed by atoms with E-state index >= 15 is 0 Å². The SMILES string of the molecule is CN(C)C(=O)Cc1cc(Br)ccc1OCc1ccccc1. The molecule has 0 aromatic heterocycles. The molecule has 3 nitrogen and oxygen atoms in total. The Morgan fingerprint density at radius 3 is 2.52 bits per heavy atom. The molecule has 0 radical (unpaired) electrons. The number of nitrogens with zero attached hydrogens (tertiary/aromatic N) is 1. The van der Waals surface area contributed by atoms with Gasteiger partial charge in [-0.25, -0.2) is 0 Å². The van der Waals surface area contributed by atoms with Gasteiger partial charge in [-0.15, -0.1) is 0 Å². The molecule has 0 bridgehead atoms. The van der Waals surface area contributed by atoms with Crippen molar-refractivity contribution in [2.45, 2.75) is 13.0 Å². The van der Waals surface area contributed by atoms with E-state index in [-0.39, 0.29) is 5.91 Å². The largest absolute Gasteiger partial charge is 0.489 e. The average molecular weight is 348 g/mol. The van der Waals surface area contributed by atoms with E-state index in [4.69, 9.17) is 4.74 Å². The second kappa shape index (κ2) is 7.27. The molecule has 0 saturated carbocycles. The zero-order chi connectivity index (χ0) is 15.2. The van der Waals surface area contributed by atoms with E-state index in [0.717, 1.165) is 21.3 Å². The summed E-state index contributed by atoms with van der Waals surface area (Å²) in [4.78, 5) is 13.5. The van der Waals surface area contributed by atoms with Crippen LogP contribution in [0.4, 0.5) is 0 Å². The molecule has 0 unspecified atom stereocenters. The average Bonchev–Trinajstić information content (AvgIpc) is 2.47. The highest BCUT2D eigenvalue weighted by atomic mass is 79.9. The van der Waals surface area contributed by atoms with Gasteiger partial charge in [-0.3, -0.25) is 4.79 Å². The van der Waals surface area contributed by atoms with Crippen molar-refractivity contribution in [3.8, 4) is 5.75 Å². The number of carbonyl (C=O) groups excluding carboxylic acids is 1. The van der Waals surface area contributed by atoms with Crippen LogP contribution in [0.1, 0.15) is 11.1 Å². The van der Waals surface area contributed by atoms with Crippen molar-refractivity contribution in [2.75, 3.05) is 14.1 Å². The number of amides is 1. The molecule has 0 saturated heterocycles. The summed E-state index contributed by atoms with van der Waals surface area (Å²) in [5, 5.41) is 0. The predicted octanol–water partition coefficient (Wildman–Crippen LogP) is 3.66. The quantitative estimate of drug-likeness (QED) is 0.825. The Labute approximate surface area is 133 Å². The number of benzene rings is 2. The fourth-order valence-electron chi connectivity index (χ4n) is 1.88. The van der Waals surface area contributed by atoms with Gasteiger partial charge in [0.1, 0.15) is 12.4 Å². The van der Waals surface area contributed by atoms with Gasteiger partial charge in [0.05, 0.1) is 6.42 Å². The Bertz CT molecular complexity index is 611. The van der Waals surface area contributed by atoms with Crippen molar-refractivity contribution in [2.24, 2.45) is 0 Å². The van der Waals surface area contributed by atoms with Gasteiger partial charge in [0, 0.05) is 24.1 Å². The van der Waals surface area contributed by atoms with Gasteiger partial charge in [0.15, 0.2) is 0 Å². The summed E-state index contributed by atoms with van der Waals surface area (Å²) in [5.74, 6) is 0.801. The number of rotatable bonds is 5. The lowest BCUT2D eigenvalue weighted by atomic mass is 10.1. The summed E-state index contributed by atoms with van der Waals surface area (Å²) in [6.45, 7) is 0.492. The number of hydrogen-bond donors (Lipinski definition) is 0. The lowest BCUT2D eigenvalue weighted by Crippen LogP contribution is -2.23. The monoisotopic (exact) mass is 347 g/mol. The van der Waals surface area contributed by atoms with Crippen molar-refractivity contribution in [1.29, 1.82) is 0 Å². The first-order valence-electron chi connectivity index (χ1n) is 6.71. The Hall–Kier alpha value is -1.81. The van der Waals surface area contributed by atoms with Crippen molar-refractivity contribution in [1.82, 2.24) is 4.90 Å². The van der Waals surface area contributed by atoms with Gasteiger partial charge in [-0.05, 0) is 23.8 Å². The van der Waals surface area contributed by atoms with Gasteiger partial charge < -0.3 is 9.64 Å². The summed E-state index contributed by atoms with van der Waals surface area (Å²) in [5.41, 5.74) is 1.99. The zero-order valence-electron chi connectivity index (χ0n) is 12.2. The molecule has 21 heavy (non-hydrogen) atoms. The second-order valence-electron chi connectivity index (χ2n) is 4.99. The van der Waals surface area contributed by atoms with Gasteiger partial charge in [0.2, 0.25) is 5.91 Å². The molecular formula is C17H18BrNO2. The standard InChI is InChI=1S/C17H18BrNO2/c1-19(2)17(20)11-14-10-15(18)8-9-16(14)21-12-13-6-4-3-5-7-13/h3-10H,11-12H2,1-2H3. The first kappa shape index (κ1) is 15.6. The third-order valence-electron chi connectivity index (χ3n) is 3.10. The minimum atomic E-state index is 0.0534. The fourth-order valence-corrected chi connectivity index (χ4v) is 2.29. The van der Waals surface area contributed by atoms with E-state index in [1.54, 1.807) is 19.0 Å². The van der Waals surface area contributed by atoms with Crippen LogP contribution in [0.5, 0.6) is 5.75 Å². The van der Waals surface area contributed by atoms with Crippen molar-refractivity contribution < 1.29 is 9.53 Å². The molecule has 2 aromatic carbocycles. The summed E-state index contributed by atoms with van der Waals surface area (Å²) in [6, 6.07) is 15.7. The zero-order valence-corrected chi connectivity index (χ0v) is 13.8. The Kier molecular flexibility index (Phi) is 5.39. The van der Waals surface area contributed by atoms with E-state index in [9.17, 15) is 4.79 Å². The summed E-state index contributed by atoms with van der Waals surface area (Å²) < 4.78 is 6.81. The van der Waals surface area contributed by atoms with Crippen molar-refractivity contribution in [3.05, 3.63) is 64.1 Å². The topological polar surface area (TPSA) is 29.5 Å². The first-order valence-corrected chi connectivity index (χ1v) is 7.51. The number of likely N-dealkylation sites (N-methyl/N-ethyl adjacent to an activating group) is 1. The van der Waals surface area contributed by atoms with E-state index in [2.05, 4.69) is 15.9 Å².